The Morgan fingerprint density at radius 1 is 1.56 bits per heavy atom. The highest BCUT2D eigenvalue weighted by molar-refractivity contribution is 5.92. The zero-order valence-electron chi connectivity index (χ0n) is 11.0. The van der Waals surface area contributed by atoms with E-state index in [4.69, 9.17) is 5.73 Å². The molecule has 1 saturated heterocycles. The molecule has 1 aliphatic rings. The number of carbonyl (C=O) groups excluding carboxylic acids is 1. The van der Waals surface area contributed by atoms with Crippen molar-refractivity contribution in [3.63, 3.8) is 0 Å². The van der Waals surface area contributed by atoms with Crippen molar-refractivity contribution in [1.82, 2.24) is 10.2 Å². The molecular weight excluding hydrogens is 226 g/mol. The van der Waals surface area contributed by atoms with Crippen molar-refractivity contribution in [2.24, 2.45) is 5.73 Å². The van der Waals surface area contributed by atoms with Crippen LogP contribution in [0.25, 0.3) is 0 Å². The van der Waals surface area contributed by atoms with Crippen LogP contribution in [0, 0.1) is 0 Å². The minimum atomic E-state index is -0.369. The van der Waals surface area contributed by atoms with Gasteiger partial charge in [-0.3, -0.25) is 4.79 Å². The number of nitrogens with one attached hydrogen (secondary N) is 1. The van der Waals surface area contributed by atoms with E-state index in [0.717, 1.165) is 18.7 Å². The molecule has 0 spiro atoms. The maximum absolute atomic E-state index is 11.1. The molecule has 4 heteroatoms. The Labute approximate surface area is 108 Å². The summed E-state index contributed by atoms with van der Waals surface area (Å²) in [4.78, 5) is 13.5. The number of hydrogen-bond donors (Lipinski definition) is 2. The van der Waals surface area contributed by atoms with Crippen molar-refractivity contribution in [2.75, 3.05) is 13.6 Å². The highest BCUT2D eigenvalue weighted by Crippen LogP contribution is 2.15. The largest absolute Gasteiger partial charge is 0.366 e. The molecule has 98 valence electrons. The standard InChI is InChI=1S/C14H21N3O/c1-10-6-13(9-17(10)2)16-8-11-4-3-5-12(7-11)14(15)18/h3-5,7,10,13,16H,6,8-9H2,1-2H3,(H2,15,18). The third kappa shape index (κ3) is 3.09. The summed E-state index contributed by atoms with van der Waals surface area (Å²) in [6.07, 6.45) is 1.17. The van der Waals surface area contributed by atoms with Crippen LogP contribution >= 0.6 is 0 Å². The summed E-state index contributed by atoms with van der Waals surface area (Å²) in [5, 5.41) is 3.53. The molecule has 3 N–H and O–H groups in total. The quantitative estimate of drug-likeness (QED) is 0.833. The lowest BCUT2D eigenvalue weighted by Gasteiger charge is -2.13. The maximum Gasteiger partial charge on any atom is 0.248 e. The van der Waals surface area contributed by atoms with Gasteiger partial charge in [0.05, 0.1) is 0 Å². The zero-order valence-corrected chi connectivity index (χ0v) is 11.0. The maximum atomic E-state index is 11.1. The van der Waals surface area contributed by atoms with Crippen LogP contribution < -0.4 is 11.1 Å². The Balaban J connectivity index is 1.91. The first-order chi connectivity index (χ1) is 8.56. The molecular formula is C14H21N3O. The normalized spacial score (nSPS) is 24.3. The van der Waals surface area contributed by atoms with Gasteiger partial charge in [-0.15, -0.1) is 0 Å². The number of likely N-dealkylation sites (tertiary alicyclic amines) is 1. The summed E-state index contributed by atoms with van der Waals surface area (Å²) >= 11 is 0. The molecule has 1 amide bonds. The summed E-state index contributed by atoms with van der Waals surface area (Å²) < 4.78 is 0. The van der Waals surface area contributed by atoms with E-state index in [1.165, 1.54) is 6.42 Å². The van der Waals surface area contributed by atoms with Gasteiger partial charge in [0.15, 0.2) is 0 Å². The fourth-order valence-corrected chi connectivity index (χ4v) is 2.44. The first kappa shape index (κ1) is 13.1. The van der Waals surface area contributed by atoms with Gasteiger partial charge in [-0.2, -0.15) is 0 Å². The molecule has 1 aliphatic heterocycles. The summed E-state index contributed by atoms with van der Waals surface area (Å²) in [5.74, 6) is -0.369. The summed E-state index contributed by atoms with van der Waals surface area (Å²) in [5.41, 5.74) is 6.95. The first-order valence-corrected chi connectivity index (χ1v) is 6.38. The monoisotopic (exact) mass is 247 g/mol. The van der Waals surface area contributed by atoms with E-state index in [1.54, 1.807) is 6.07 Å². The van der Waals surface area contributed by atoms with E-state index in [-0.39, 0.29) is 5.91 Å². The Morgan fingerprint density at radius 2 is 2.33 bits per heavy atom. The highest BCUT2D eigenvalue weighted by atomic mass is 16.1. The van der Waals surface area contributed by atoms with Gasteiger partial charge in [-0.25, -0.2) is 0 Å². The zero-order chi connectivity index (χ0) is 13.1. The van der Waals surface area contributed by atoms with Gasteiger partial charge in [0, 0.05) is 30.7 Å². The van der Waals surface area contributed by atoms with E-state index in [2.05, 4.69) is 24.2 Å². The number of rotatable bonds is 4. The minimum absolute atomic E-state index is 0.369. The smallest absolute Gasteiger partial charge is 0.248 e. The molecule has 2 rings (SSSR count). The van der Waals surface area contributed by atoms with Crippen molar-refractivity contribution in [3.05, 3.63) is 35.4 Å². The van der Waals surface area contributed by atoms with Crippen LogP contribution in [-0.4, -0.2) is 36.5 Å². The van der Waals surface area contributed by atoms with Gasteiger partial charge in [-0.1, -0.05) is 12.1 Å². The van der Waals surface area contributed by atoms with Crippen molar-refractivity contribution in [2.45, 2.75) is 32.0 Å². The van der Waals surface area contributed by atoms with Crippen LogP contribution in [0.4, 0.5) is 0 Å². The number of primary amides is 1. The van der Waals surface area contributed by atoms with E-state index in [9.17, 15) is 4.79 Å². The van der Waals surface area contributed by atoms with E-state index in [1.807, 2.05) is 18.2 Å². The third-order valence-corrected chi connectivity index (χ3v) is 3.69. The SMILES string of the molecule is CC1CC(NCc2cccc(C(N)=O)c2)CN1C. The number of benzene rings is 1. The van der Waals surface area contributed by atoms with Gasteiger partial charge in [0.25, 0.3) is 0 Å². The second-order valence-corrected chi connectivity index (χ2v) is 5.17. The van der Waals surface area contributed by atoms with Gasteiger partial charge in [0.2, 0.25) is 5.91 Å². The molecule has 1 aromatic carbocycles. The number of amides is 1. The summed E-state index contributed by atoms with van der Waals surface area (Å²) in [7, 11) is 2.15. The minimum Gasteiger partial charge on any atom is -0.366 e. The lowest BCUT2D eigenvalue weighted by atomic mass is 10.1. The Hall–Kier alpha value is -1.39. The van der Waals surface area contributed by atoms with Crippen molar-refractivity contribution >= 4 is 5.91 Å². The average molecular weight is 247 g/mol. The first-order valence-electron chi connectivity index (χ1n) is 6.38. The third-order valence-electron chi connectivity index (χ3n) is 3.69. The molecule has 1 aromatic rings. The van der Waals surface area contributed by atoms with Gasteiger partial charge in [0.1, 0.15) is 0 Å². The Bertz CT molecular complexity index is 423. The van der Waals surface area contributed by atoms with Crippen LogP contribution in [0.1, 0.15) is 29.3 Å². The van der Waals surface area contributed by atoms with Crippen LogP contribution in [-0.2, 0) is 6.54 Å². The molecule has 0 aliphatic carbocycles. The molecule has 0 radical (unpaired) electrons. The number of nitrogens with two attached hydrogens (primary N) is 1. The van der Waals surface area contributed by atoms with Crippen molar-refractivity contribution in [1.29, 1.82) is 0 Å². The Morgan fingerprint density at radius 3 is 2.94 bits per heavy atom. The van der Waals surface area contributed by atoms with Gasteiger partial charge < -0.3 is 16.0 Å². The van der Waals surface area contributed by atoms with Crippen LogP contribution in [0.2, 0.25) is 0 Å². The molecule has 4 nitrogen and oxygen atoms in total. The van der Waals surface area contributed by atoms with E-state index in [0.29, 0.717) is 17.6 Å². The fraction of sp³-hybridized carbons (Fsp3) is 0.500. The van der Waals surface area contributed by atoms with Crippen LogP contribution in [0.5, 0.6) is 0 Å². The molecule has 0 aromatic heterocycles. The van der Waals surface area contributed by atoms with E-state index >= 15 is 0 Å². The predicted octanol–water partition coefficient (Wildman–Crippen LogP) is 0.968. The van der Waals surface area contributed by atoms with E-state index < -0.39 is 0 Å². The van der Waals surface area contributed by atoms with Gasteiger partial charge in [-0.05, 0) is 38.1 Å². The van der Waals surface area contributed by atoms with Crippen molar-refractivity contribution < 1.29 is 4.79 Å². The fourth-order valence-electron chi connectivity index (χ4n) is 2.44. The summed E-state index contributed by atoms with van der Waals surface area (Å²) in [6, 6.07) is 8.66. The Kier molecular flexibility index (Phi) is 3.99. The van der Waals surface area contributed by atoms with Crippen molar-refractivity contribution in [3.8, 4) is 0 Å². The topological polar surface area (TPSA) is 58.4 Å². The highest BCUT2D eigenvalue weighted by Gasteiger charge is 2.25. The molecule has 0 bridgehead atoms. The molecule has 1 fully saturated rings. The number of nitrogens with zero attached hydrogens (tertiary/aromatic N) is 1. The van der Waals surface area contributed by atoms with Crippen LogP contribution in [0.3, 0.4) is 0 Å². The lowest BCUT2D eigenvalue weighted by Crippen LogP contribution is -2.31. The lowest BCUT2D eigenvalue weighted by molar-refractivity contribution is 0.1000. The molecule has 2 unspecified atom stereocenters. The second-order valence-electron chi connectivity index (χ2n) is 5.17. The molecule has 2 atom stereocenters. The number of likely N-dealkylation sites (N-methyl/N-ethyl adjacent to an activating group) is 1. The molecule has 0 saturated carbocycles. The predicted molar refractivity (Wildman–Crippen MR) is 72.3 cm³/mol. The second kappa shape index (κ2) is 5.50. The molecule has 1 heterocycles. The molecule has 18 heavy (non-hydrogen) atoms. The number of hydrogen-bond acceptors (Lipinski definition) is 3. The summed E-state index contributed by atoms with van der Waals surface area (Å²) in [6.45, 7) is 4.11. The number of carbonyl (C=O) groups is 1. The van der Waals surface area contributed by atoms with Crippen LogP contribution in [0.15, 0.2) is 24.3 Å². The van der Waals surface area contributed by atoms with Gasteiger partial charge >= 0.3 is 0 Å². The average Bonchev–Trinajstić information content (AvgIpc) is 2.67.